The van der Waals surface area contributed by atoms with Crippen LogP contribution in [0, 0.1) is 0 Å². The van der Waals surface area contributed by atoms with Crippen LogP contribution in [0.1, 0.15) is 46.2 Å². The molecule has 0 fully saturated rings. The Morgan fingerprint density at radius 1 is 1.25 bits per heavy atom. The molecule has 1 N–H and O–H groups in total. The van der Waals surface area contributed by atoms with Crippen molar-refractivity contribution < 1.29 is 28.4 Å². The Labute approximate surface area is 191 Å². The molecule has 2 atom stereocenters. The molecule has 9 heteroatoms. The minimum absolute atomic E-state index is 0.0839. The zero-order valence-corrected chi connectivity index (χ0v) is 19.7. The van der Waals surface area contributed by atoms with Gasteiger partial charge in [-0.05, 0) is 36.8 Å². The average Bonchev–Trinajstić information content (AvgIpc) is 2.76. The molecule has 8 nitrogen and oxygen atoms in total. The van der Waals surface area contributed by atoms with E-state index in [1.807, 2.05) is 6.92 Å². The smallest absolute Gasteiger partial charge is 0.255 e. The molecule has 0 radical (unpaired) electrons. The van der Waals surface area contributed by atoms with Crippen LogP contribution in [-0.4, -0.2) is 60.3 Å². The maximum Gasteiger partial charge on any atom is 0.255 e. The number of nitrogens with one attached hydrogen (secondary N) is 1. The van der Waals surface area contributed by atoms with Crippen molar-refractivity contribution in [3.05, 3.63) is 53.1 Å². The fourth-order valence-corrected chi connectivity index (χ4v) is 4.19. The van der Waals surface area contributed by atoms with Crippen molar-refractivity contribution in [2.24, 2.45) is 0 Å². The van der Waals surface area contributed by atoms with Crippen LogP contribution in [0.5, 0.6) is 11.5 Å². The molecule has 2 aromatic carbocycles. The Morgan fingerprint density at radius 2 is 1.97 bits per heavy atom. The van der Waals surface area contributed by atoms with Crippen molar-refractivity contribution in [2.75, 3.05) is 38.1 Å². The number of anilines is 1. The van der Waals surface area contributed by atoms with Crippen LogP contribution in [0.2, 0.25) is 0 Å². The summed E-state index contributed by atoms with van der Waals surface area (Å²) in [5, 5.41) is 2.57. The molecule has 2 rings (SSSR count). The van der Waals surface area contributed by atoms with Crippen molar-refractivity contribution in [1.82, 2.24) is 4.90 Å². The fourth-order valence-electron chi connectivity index (χ4n) is 3.33. The summed E-state index contributed by atoms with van der Waals surface area (Å²) in [6.07, 6.45) is 2.10. The molecule has 2 aromatic rings. The lowest BCUT2D eigenvalue weighted by molar-refractivity contribution is -0.114. The Morgan fingerprint density at radius 3 is 2.53 bits per heavy atom. The summed E-state index contributed by atoms with van der Waals surface area (Å²) in [6.45, 7) is 3.60. The molecular formula is C23H28N2O6S. The van der Waals surface area contributed by atoms with E-state index in [9.17, 15) is 18.9 Å². The number of hydrogen-bond acceptors (Lipinski definition) is 6. The number of methoxy groups -OCH3 is 1. The lowest BCUT2D eigenvalue weighted by atomic mass is 10.0. The molecule has 0 aromatic heterocycles. The first-order valence-electron chi connectivity index (χ1n) is 9.97. The number of benzene rings is 2. The highest BCUT2D eigenvalue weighted by molar-refractivity contribution is 7.90. The van der Waals surface area contributed by atoms with Crippen molar-refractivity contribution in [1.29, 1.82) is 0 Å². The second-order valence-corrected chi connectivity index (χ2v) is 8.56. The van der Waals surface area contributed by atoms with Gasteiger partial charge in [0.2, 0.25) is 5.91 Å². The molecular weight excluding hydrogens is 432 g/mol. The van der Waals surface area contributed by atoms with Gasteiger partial charge in [0, 0.05) is 14.0 Å². The van der Waals surface area contributed by atoms with Gasteiger partial charge in [0.05, 0.1) is 36.8 Å². The third kappa shape index (κ3) is 6.02. The van der Waals surface area contributed by atoms with Crippen LogP contribution in [0.25, 0.3) is 0 Å². The van der Waals surface area contributed by atoms with E-state index in [4.69, 9.17) is 9.47 Å². The zero-order valence-electron chi connectivity index (χ0n) is 18.8. The number of amides is 2. The molecule has 172 valence electrons. The molecule has 0 saturated heterocycles. The van der Waals surface area contributed by atoms with Crippen LogP contribution in [-0.2, 0) is 16.0 Å². The van der Waals surface area contributed by atoms with Crippen LogP contribution in [0.4, 0.5) is 5.69 Å². The van der Waals surface area contributed by atoms with Gasteiger partial charge in [-0.3, -0.25) is 14.4 Å². The van der Waals surface area contributed by atoms with E-state index in [1.165, 1.54) is 25.0 Å². The summed E-state index contributed by atoms with van der Waals surface area (Å²) in [6, 6.07) is 9.40. The third-order valence-electron chi connectivity index (χ3n) is 4.82. The summed E-state index contributed by atoms with van der Waals surface area (Å²) < 4.78 is 23.1. The number of aldehydes is 1. The topological polar surface area (TPSA) is 108 Å². The highest BCUT2D eigenvalue weighted by Gasteiger charge is 2.29. The Kier molecular flexibility index (Phi) is 9.10. The summed E-state index contributed by atoms with van der Waals surface area (Å²) in [4.78, 5) is 38.1. The van der Waals surface area contributed by atoms with E-state index in [-0.39, 0.29) is 28.5 Å². The zero-order chi connectivity index (χ0) is 23.8. The molecule has 0 aliphatic carbocycles. The maximum absolute atomic E-state index is 13.4. The second kappa shape index (κ2) is 11.5. The van der Waals surface area contributed by atoms with Crippen molar-refractivity contribution in [3.63, 3.8) is 0 Å². The number of carbonyl (C=O) groups is 3. The molecule has 2 unspecified atom stereocenters. The summed E-state index contributed by atoms with van der Waals surface area (Å²) in [5.41, 5.74) is 1.19. The van der Waals surface area contributed by atoms with E-state index in [0.717, 1.165) is 0 Å². The maximum atomic E-state index is 13.4. The number of hydrogen-bond donors (Lipinski definition) is 1. The van der Waals surface area contributed by atoms with E-state index < -0.39 is 23.1 Å². The van der Waals surface area contributed by atoms with Gasteiger partial charge in [-0.15, -0.1) is 0 Å². The Balaban J connectivity index is 2.49. The molecule has 0 bridgehead atoms. The van der Waals surface area contributed by atoms with Gasteiger partial charge in [0.25, 0.3) is 5.91 Å². The number of ether oxygens (including phenoxy) is 2. The molecule has 0 saturated carbocycles. The van der Waals surface area contributed by atoms with E-state index in [0.29, 0.717) is 30.0 Å². The largest absolute Gasteiger partial charge is 0.616 e. The van der Waals surface area contributed by atoms with Crippen LogP contribution in [0.15, 0.2) is 36.4 Å². The first-order chi connectivity index (χ1) is 15.2. The highest BCUT2D eigenvalue weighted by Crippen LogP contribution is 2.33. The molecule has 0 aliphatic heterocycles. The predicted molar refractivity (Wildman–Crippen MR) is 124 cm³/mol. The van der Waals surface area contributed by atoms with Crippen molar-refractivity contribution >= 4 is 35.0 Å². The Hall–Kier alpha value is -3.04. The quantitative estimate of drug-likeness (QED) is 0.431. The fraction of sp³-hybridized carbons (Fsp3) is 0.348. The minimum Gasteiger partial charge on any atom is -0.616 e. The normalized spacial score (nSPS) is 12.4. The Bertz CT molecular complexity index is 979. The first kappa shape index (κ1) is 25.2. The number of carbonyl (C=O) groups excluding carboxylic acids is 3. The van der Waals surface area contributed by atoms with E-state index in [1.54, 1.807) is 43.6 Å². The second-order valence-electron chi connectivity index (χ2n) is 7.08. The molecule has 0 aliphatic rings. The highest BCUT2D eigenvalue weighted by atomic mass is 32.2. The first-order valence-corrected chi connectivity index (χ1v) is 11.7. The van der Waals surface area contributed by atoms with Crippen molar-refractivity contribution in [3.8, 4) is 11.5 Å². The average molecular weight is 461 g/mol. The molecule has 0 spiro atoms. The standard InChI is InChI=1S/C23H28N2O6S/c1-6-31-22-12-16(10-11-21(22)30-4)20(14-32(5)29)25(3)23(28)17-8-7-9-19(18(17)13-26)24-15(2)27/h7-13,20H,6,14H2,1-5H3,(H,24,27). The van der Waals surface area contributed by atoms with Gasteiger partial charge in [-0.1, -0.05) is 23.3 Å². The molecule has 32 heavy (non-hydrogen) atoms. The molecule has 0 heterocycles. The SMILES string of the molecule is CCOc1cc(C(C[S+](C)[O-])N(C)C(=O)c2cccc(NC(C)=O)c2C=O)ccc1OC. The van der Waals surface area contributed by atoms with Crippen LogP contribution < -0.4 is 14.8 Å². The van der Waals surface area contributed by atoms with Gasteiger partial charge in [-0.25, -0.2) is 0 Å². The van der Waals surface area contributed by atoms with Gasteiger partial charge in [-0.2, -0.15) is 0 Å². The van der Waals surface area contributed by atoms with Crippen LogP contribution >= 0.6 is 0 Å². The summed E-state index contributed by atoms with van der Waals surface area (Å²) in [5.74, 6) is 0.450. The monoisotopic (exact) mass is 460 g/mol. The lowest BCUT2D eigenvalue weighted by Gasteiger charge is -2.29. The van der Waals surface area contributed by atoms with Gasteiger partial charge in [0.1, 0.15) is 11.8 Å². The van der Waals surface area contributed by atoms with E-state index in [2.05, 4.69) is 5.32 Å². The lowest BCUT2D eigenvalue weighted by Crippen LogP contribution is -2.35. The minimum atomic E-state index is -1.22. The van der Waals surface area contributed by atoms with Crippen LogP contribution in [0.3, 0.4) is 0 Å². The number of nitrogens with zero attached hydrogens (tertiary/aromatic N) is 1. The van der Waals surface area contributed by atoms with Gasteiger partial charge < -0.3 is 24.2 Å². The van der Waals surface area contributed by atoms with Gasteiger partial charge >= 0.3 is 0 Å². The third-order valence-corrected chi connectivity index (χ3v) is 5.60. The number of rotatable bonds is 10. The van der Waals surface area contributed by atoms with Gasteiger partial charge in [0.15, 0.2) is 17.8 Å². The summed E-state index contributed by atoms with van der Waals surface area (Å²) in [7, 11) is 3.12. The molecule has 2 amide bonds. The van der Waals surface area contributed by atoms with Crippen molar-refractivity contribution in [2.45, 2.75) is 19.9 Å². The summed E-state index contributed by atoms with van der Waals surface area (Å²) >= 11 is -1.22. The predicted octanol–water partition coefficient (Wildman–Crippen LogP) is 3.06. The van der Waals surface area contributed by atoms with E-state index >= 15 is 0 Å².